The second-order valence-electron chi connectivity index (χ2n) is 5.14. The molecule has 0 unspecified atom stereocenters. The molecule has 1 heterocycles. The molecule has 0 radical (unpaired) electrons. The van der Waals surface area contributed by atoms with Gasteiger partial charge in [0.25, 0.3) is 5.91 Å². The number of carbonyl (C=O) groups is 1. The normalized spacial score (nSPS) is 16.5. The van der Waals surface area contributed by atoms with Gasteiger partial charge in [0.15, 0.2) is 0 Å². The monoisotopic (exact) mass is 338 g/mol. The molecule has 1 rings (SSSR count). The fourth-order valence-electron chi connectivity index (χ4n) is 2.20. The molecule has 1 amide bonds. The third-order valence-electron chi connectivity index (χ3n) is 3.39. The summed E-state index contributed by atoms with van der Waals surface area (Å²) < 4.78 is 24.3. The predicted octanol–water partition coefficient (Wildman–Crippen LogP) is 0.172. The number of sulfonamides is 1. The summed E-state index contributed by atoms with van der Waals surface area (Å²) in [4.78, 5) is 15.6. The van der Waals surface area contributed by atoms with Crippen LogP contribution in [0.4, 0.5) is 0 Å². The number of carbonyl (C=O) groups excluding carboxylic acids is 1. The van der Waals surface area contributed by atoms with E-state index in [0.29, 0.717) is 39.3 Å². The van der Waals surface area contributed by atoms with E-state index in [1.807, 2.05) is 6.07 Å². The maximum absolute atomic E-state index is 12.4. The van der Waals surface area contributed by atoms with Crippen LogP contribution in [0.15, 0.2) is 37.1 Å². The van der Waals surface area contributed by atoms with E-state index in [0.717, 1.165) is 0 Å². The summed E-state index contributed by atoms with van der Waals surface area (Å²) in [6.07, 6.45) is 5.84. The Hall–Kier alpha value is -2.11. The zero-order valence-corrected chi connectivity index (χ0v) is 14.1. The smallest absolute Gasteiger partial charge is 0.266 e. The molecule has 1 aliphatic rings. The molecule has 0 atom stereocenters. The Labute approximate surface area is 137 Å². The van der Waals surface area contributed by atoms with Crippen molar-refractivity contribution < 1.29 is 13.2 Å². The van der Waals surface area contributed by atoms with Crippen LogP contribution in [0.3, 0.4) is 0 Å². The highest BCUT2D eigenvalue weighted by molar-refractivity contribution is 7.88. The second-order valence-corrected chi connectivity index (χ2v) is 7.12. The predicted molar refractivity (Wildman–Crippen MR) is 88.7 cm³/mol. The molecule has 0 spiro atoms. The van der Waals surface area contributed by atoms with Gasteiger partial charge in [0, 0.05) is 45.5 Å². The van der Waals surface area contributed by atoms with Crippen LogP contribution in [0.2, 0.25) is 0 Å². The Balaban J connectivity index is 2.80. The van der Waals surface area contributed by atoms with Gasteiger partial charge in [0.2, 0.25) is 10.0 Å². The SMILES string of the molecule is C=CCN(CC=C)C(=O)/C(C#N)=C\N1CCN(S(C)(=O)=O)CC1. The minimum Gasteiger partial charge on any atom is -0.373 e. The maximum atomic E-state index is 12.4. The highest BCUT2D eigenvalue weighted by Crippen LogP contribution is 2.09. The van der Waals surface area contributed by atoms with Crippen LogP contribution >= 0.6 is 0 Å². The third kappa shape index (κ3) is 5.54. The highest BCUT2D eigenvalue weighted by Gasteiger charge is 2.23. The number of rotatable bonds is 7. The summed E-state index contributed by atoms with van der Waals surface area (Å²) in [6, 6.07) is 1.92. The summed E-state index contributed by atoms with van der Waals surface area (Å²) in [5.41, 5.74) is 0.0153. The molecular formula is C15H22N4O3S. The van der Waals surface area contributed by atoms with Crippen LogP contribution in [0.1, 0.15) is 0 Å². The van der Waals surface area contributed by atoms with Crippen molar-refractivity contribution in [2.75, 3.05) is 45.5 Å². The van der Waals surface area contributed by atoms with Crippen molar-refractivity contribution in [3.8, 4) is 6.07 Å². The number of nitriles is 1. The highest BCUT2D eigenvalue weighted by atomic mass is 32.2. The molecule has 0 aliphatic carbocycles. The molecule has 1 fully saturated rings. The first-order chi connectivity index (χ1) is 10.8. The number of piperazine rings is 1. The largest absolute Gasteiger partial charge is 0.373 e. The van der Waals surface area contributed by atoms with Gasteiger partial charge in [-0.2, -0.15) is 9.57 Å². The summed E-state index contributed by atoms with van der Waals surface area (Å²) in [5.74, 6) is -0.391. The van der Waals surface area contributed by atoms with E-state index in [2.05, 4.69) is 13.2 Å². The van der Waals surface area contributed by atoms with Crippen molar-refractivity contribution in [3.63, 3.8) is 0 Å². The van der Waals surface area contributed by atoms with Crippen LogP contribution in [0.25, 0.3) is 0 Å². The lowest BCUT2D eigenvalue weighted by Gasteiger charge is -2.32. The van der Waals surface area contributed by atoms with Gasteiger partial charge >= 0.3 is 0 Å². The summed E-state index contributed by atoms with van der Waals surface area (Å²) >= 11 is 0. The molecule has 0 N–H and O–H groups in total. The Morgan fingerprint density at radius 1 is 1.22 bits per heavy atom. The van der Waals surface area contributed by atoms with Crippen molar-refractivity contribution in [2.45, 2.75) is 0 Å². The van der Waals surface area contributed by atoms with E-state index < -0.39 is 15.9 Å². The van der Waals surface area contributed by atoms with Gasteiger partial charge in [-0.3, -0.25) is 4.79 Å². The number of amides is 1. The molecule has 126 valence electrons. The zero-order valence-electron chi connectivity index (χ0n) is 13.3. The van der Waals surface area contributed by atoms with Crippen LogP contribution in [0.5, 0.6) is 0 Å². The van der Waals surface area contributed by atoms with Gasteiger partial charge in [0.1, 0.15) is 11.6 Å². The zero-order chi connectivity index (χ0) is 17.5. The van der Waals surface area contributed by atoms with Gasteiger partial charge < -0.3 is 9.80 Å². The lowest BCUT2D eigenvalue weighted by Crippen LogP contribution is -2.46. The Morgan fingerprint density at radius 3 is 2.13 bits per heavy atom. The van der Waals surface area contributed by atoms with Crippen LogP contribution in [-0.2, 0) is 14.8 Å². The average molecular weight is 338 g/mol. The number of hydrogen-bond acceptors (Lipinski definition) is 5. The number of hydrogen-bond donors (Lipinski definition) is 0. The average Bonchev–Trinajstić information content (AvgIpc) is 2.51. The molecule has 1 saturated heterocycles. The van der Waals surface area contributed by atoms with Gasteiger partial charge in [-0.05, 0) is 0 Å². The van der Waals surface area contributed by atoms with Crippen molar-refractivity contribution in [3.05, 3.63) is 37.1 Å². The van der Waals surface area contributed by atoms with Crippen molar-refractivity contribution in [1.29, 1.82) is 5.26 Å². The summed E-state index contributed by atoms with van der Waals surface area (Å²) in [7, 11) is -3.20. The standard InChI is InChI=1S/C15H22N4O3S/c1-4-6-18(7-5-2)15(20)14(12-16)13-17-8-10-19(11-9-17)23(3,21)22/h4-5,13H,1-2,6-11H2,3H3/b14-13-. The molecule has 0 saturated carbocycles. The molecule has 1 aliphatic heterocycles. The maximum Gasteiger partial charge on any atom is 0.266 e. The Morgan fingerprint density at radius 2 is 1.74 bits per heavy atom. The first-order valence-corrected chi connectivity index (χ1v) is 9.00. The Kier molecular flexibility index (Phi) is 7.00. The Bertz CT molecular complexity index is 616. The number of nitrogens with zero attached hydrogens (tertiary/aromatic N) is 4. The van der Waals surface area contributed by atoms with E-state index >= 15 is 0 Å². The van der Waals surface area contributed by atoms with Crippen molar-refractivity contribution >= 4 is 15.9 Å². The summed E-state index contributed by atoms with van der Waals surface area (Å²) in [5, 5.41) is 9.24. The van der Waals surface area contributed by atoms with E-state index in [9.17, 15) is 18.5 Å². The van der Waals surface area contributed by atoms with E-state index in [4.69, 9.17) is 0 Å². The first kappa shape index (κ1) is 18.9. The molecule has 8 heteroatoms. The van der Waals surface area contributed by atoms with Crippen LogP contribution in [0, 0.1) is 11.3 Å². The lowest BCUT2D eigenvalue weighted by atomic mass is 10.2. The van der Waals surface area contributed by atoms with E-state index in [1.165, 1.54) is 21.7 Å². The second kappa shape index (κ2) is 8.50. The van der Waals surface area contributed by atoms with Gasteiger partial charge in [-0.1, -0.05) is 12.2 Å². The fraction of sp³-hybridized carbons (Fsp3) is 0.467. The topological polar surface area (TPSA) is 84.7 Å². The third-order valence-corrected chi connectivity index (χ3v) is 4.69. The van der Waals surface area contributed by atoms with Crippen LogP contribution < -0.4 is 0 Å². The van der Waals surface area contributed by atoms with Crippen molar-refractivity contribution in [1.82, 2.24) is 14.1 Å². The minimum atomic E-state index is -3.20. The fourth-order valence-corrected chi connectivity index (χ4v) is 3.03. The molecule has 7 nitrogen and oxygen atoms in total. The minimum absolute atomic E-state index is 0.0153. The van der Waals surface area contributed by atoms with E-state index in [1.54, 1.807) is 17.1 Å². The van der Waals surface area contributed by atoms with Gasteiger partial charge in [-0.15, -0.1) is 13.2 Å². The van der Waals surface area contributed by atoms with E-state index in [-0.39, 0.29) is 5.57 Å². The lowest BCUT2D eigenvalue weighted by molar-refractivity contribution is -0.125. The van der Waals surface area contributed by atoms with Gasteiger partial charge in [-0.25, -0.2) is 8.42 Å². The quantitative estimate of drug-likeness (QED) is 0.375. The molecule has 0 aromatic rings. The molecule has 0 aromatic carbocycles. The van der Waals surface area contributed by atoms with Crippen molar-refractivity contribution in [2.24, 2.45) is 0 Å². The molecule has 0 aromatic heterocycles. The first-order valence-electron chi connectivity index (χ1n) is 7.15. The molecule has 0 bridgehead atoms. The summed E-state index contributed by atoms with van der Waals surface area (Å²) in [6.45, 7) is 9.39. The molecular weight excluding hydrogens is 316 g/mol. The van der Waals surface area contributed by atoms with Crippen LogP contribution in [-0.4, -0.2) is 74.0 Å². The van der Waals surface area contributed by atoms with Gasteiger partial charge in [0.05, 0.1) is 6.26 Å². The molecule has 23 heavy (non-hydrogen) atoms.